The van der Waals surface area contributed by atoms with Crippen LogP contribution in [0.3, 0.4) is 0 Å². The number of hydrogen-bond donors (Lipinski definition) is 2. The number of ether oxygens (including phenoxy) is 1. The van der Waals surface area contributed by atoms with Gasteiger partial charge >= 0.3 is 5.69 Å². The van der Waals surface area contributed by atoms with Crippen LogP contribution in [0, 0.1) is 0 Å². The lowest BCUT2D eigenvalue weighted by Gasteiger charge is -2.10. The van der Waals surface area contributed by atoms with Gasteiger partial charge in [-0.3, -0.25) is 14.8 Å². The number of methoxy groups -OCH3 is 1. The Hall–Kier alpha value is -3.32. The van der Waals surface area contributed by atoms with Crippen LogP contribution in [0.1, 0.15) is 5.56 Å². The van der Waals surface area contributed by atoms with Gasteiger partial charge in [0.25, 0.3) is 5.56 Å². The summed E-state index contributed by atoms with van der Waals surface area (Å²) in [6.07, 6.45) is 1.18. The number of aromatic hydroxyl groups is 1. The van der Waals surface area contributed by atoms with Crippen LogP contribution in [-0.4, -0.2) is 28.0 Å². The monoisotopic (exact) mass is 371 g/mol. The Bertz CT molecular complexity index is 1080. The Balaban J connectivity index is 2.09. The first-order valence-electron chi connectivity index (χ1n) is 7.52. The molecule has 2 aromatic carbocycles. The summed E-state index contributed by atoms with van der Waals surface area (Å²) in [5.74, 6) is 0.112. The first-order chi connectivity index (χ1) is 12.5. The number of para-hydroxylation sites is 1. The number of nitrogens with zero attached hydrogens (tertiary/aromatic N) is 2. The van der Waals surface area contributed by atoms with Crippen LogP contribution in [0.4, 0.5) is 5.69 Å². The Labute approximate surface area is 152 Å². The molecule has 0 fully saturated rings. The van der Waals surface area contributed by atoms with E-state index in [1.807, 2.05) is 0 Å². The van der Waals surface area contributed by atoms with Gasteiger partial charge < -0.3 is 9.84 Å². The minimum absolute atomic E-state index is 0.166. The molecule has 0 unspecified atom stereocenters. The molecular formula is C18H14ClN3O4. The van der Waals surface area contributed by atoms with Gasteiger partial charge in [-0.25, -0.2) is 9.36 Å². The van der Waals surface area contributed by atoms with Gasteiger partial charge in [-0.2, -0.15) is 0 Å². The number of aromatic amines is 1. The second-order valence-electron chi connectivity index (χ2n) is 5.24. The summed E-state index contributed by atoms with van der Waals surface area (Å²) in [6, 6.07) is 13.2. The Morgan fingerprint density at radius 3 is 2.50 bits per heavy atom. The van der Waals surface area contributed by atoms with Gasteiger partial charge in [-0.15, -0.1) is 0 Å². The number of aliphatic imine (C=N–C) groups is 1. The van der Waals surface area contributed by atoms with Crippen LogP contribution < -0.4 is 16.0 Å². The number of hydrogen-bond acceptors (Lipinski definition) is 5. The van der Waals surface area contributed by atoms with E-state index in [9.17, 15) is 14.7 Å². The molecule has 132 valence electrons. The molecule has 0 radical (unpaired) electrons. The zero-order valence-corrected chi connectivity index (χ0v) is 14.4. The number of H-pyrrole nitrogens is 1. The Kier molecular flexibility index (Phi) is 4.90. The first kappa shape index (κ1) is 17.5. The minimum Gasteiger partial charge on any atom is -0.497 e. The summed E-state index contributed by atoms with van der Waals surface area (Å²) < 4.78 is 5.98. The third-order valence-corrected chi connectivity index (χ3v) is 3.95. The van der Waals surface area contributed by atoms with Crippen LogP contribution in [-0.2, 0) is 0 Å². The molecule has 26 heavy (non-hydrogen) atoms. The molecular weight excluding hydrogens is 358 g/mol. The lowest BCUT2D eigenvalue weighted by atomic mass is 10.2. The molecule has 0 aliphatic heterocycles. The SMILES string of the molecule is COc1ccc(N=Cc2c(O)n(-c3ccccc3Cl)c(=O)[nH]c2=O)cc1. The van der Waals surface area contributed by atoms with Gasteiger partial charge in [0.05, 0.1) is 23.5 Å². The van der Waals surface area contributed by atoms with Crippen LogP contribution in [0.2, 0.25) is 5.02 Å². The molecule has 3 aromatic rings. The summed E-state index contributed by atoms with van der Waals surface area (Å²) in [7, 11) is 1.55. The van der Waals surface area contributed by atoms with Gasteiger partial charge in [0, 0.05) is 6.21 Å². The molecule has 7 nitrogen and oxygen atoms in total. The van der Waals surface area contributed by atoms with Crippen LogP contribution >= 0.6 is 11.6 Å². The highest BCUT2D eigenvalue weighted by atomic mass is 35.5. The smallest absolute Gasteiger partial charge is 0.335 e. The van der Waals surface area contributed by atoms with E-state index >= 15 is 0 Å². The Morgan fingerprint density at radius 2 is 1.85 bits per heavy atom. The molecule has 1 aromatic heterocycles. The van der Waals surface area contributed by atoms with E-state index < -0.39 is 17.1 Å². The molecule has 0 saturated carbocycles. The number of rotatable bonds is 4. The highest BCUT2D eigenvalue weighted by Gasteiger charge is 2.15. The maximum absolute atomic E-state index is 12.1. The molecule has 0 saturated heterocycles. The number of nitrogens with one attached hydrogen (secondary N) is 1. The second kappa shape index (κ2) is 7.28. The maximum atomic E-state index is 12.1. The normalized spacial score (nSPS) is 11.0. The third-order valence-electron chi connectivity index (χ3n) is 3.63. The predicted molar refractivity (Wildman–Crippen MR) is 99.6 cm³/mol. The number of halogens is 1. The van der Waals surface area contributed by atoms with E-state index in [1.165, 1.54) is 6.21 Å². The molecule has 0 spiro atoms. The molecule has 0 atom stereocenters. The largest absolute Gasteiger partial charge is 0.497 e. The standard InChI is InChI=1S/C18H14ClN3O4/c1-26-12-8-6-11(7-9-12)20-10-13-16(23)21-18(25)22(17(13)24)15-5-3-2-4-14(15)19/h2-10,24H,1H3,(H,21,23,25). The van der Waals surface area contributed by atoms with Crippen LogP contribution in [0.25, 0.3) is 5.69 Å². The summed E-state index contributed by atoms with van der Waals surface area (Å²) in [6.45, 7) is 0. The van der Waals surface area contributed by atoms with Crippen molar-refractivity contribution in [3.63, 3.8) is 0 Å². The number of aromatic nitrogens is 2. The lowest BCUT2D eigenvalue weighted by molar-refractivity contribution is 0.415. The fourth-order valence-electron chi connectivity index (χ4n) is 2.32. The quantitative estimate of drug-likeness (QED) is 0.689. The van der Waals surface area contributed by atoms with Crippen molar-refractivity contribution in [3.05, 3.63) is 80.0 Å². The molecule has 0 aliphatic carbocycles. The van der Waals surface area contributed by atoms with E-state index in [4.69, 9.17) is 16.3 Å². The van der Waals surface area contributed by atoms with Crippen LogP contribution in [0.15, 0.2) is 63.1 Å². The topological polar surface area (TPSA) is 96.7 Å². The van der Waals surface area contributed by atoms with E-state index in [-0.39, 0.29) is 16.3 Å². The number of benzene rings is 2. The zero-order chi connectivity index (χ0) is 18.7. The zero-order valence-electron chi connectivity index (χ0n) is 13.6. The minimum atomic E-state index is -0.804. The highest BCUT2D eigenvalue weighted by molar-refractivity contribution is 6.32. The molecule has 0 amide bonds. The molecule has 1 heterocycles. The maximum Gasteiger partial charge on any atom is 0.335 e. The van der Waals surface area contributed by atoms with Crippen molar-refractivity contribution in [3.8, 4) is 17.3 Å². The van der Waals surface area contributed by atoms with E-state index in [0.717, 1.165) is 4.57 Å². The van der Waals surface area contributed by atoms with E-state index in [1.54, 1.807) is 55.6 Å². The van der Waals surface area contributed by atoms with Crippen LogP contribution in [0.5, 0.6) is 11.6 Å². The molecule has 3 rings (SSSR count). The Morgan fingerprint density at radius 1 is 1.15 bits per heavy atom. The molecule has 8 heteroatoms. The average Bonchev–Trinajstić information content (AvgIpc) is 2.63. The summed E-state index contributed by atoms with van der Waals surface area (Å²) in [5, 5.41) is 10.7. The summed E-state index contributed by atoms with van der Waals surface area (Å²) in [4.78, 5) is 30.5. The van der Waals surface area contributed by atoms with Gasteiger partial charge in [0.15, 0.2) is 0 Å². The van der Waals surface area contributed by atoms with Crippen molar-refractivity contribution in [2.75, 3.05) is 7.11 Å². The first-order valence-corrected chi connectivity index (χ1v) is 7.90. The van der Waals surface area contributed by atoms with Crippen molar-refractivity contribution >= 4 is 23.5 Å². The molecule has 2 N–H and O–H groups in total. The highest BCUT2D eigenvalue weighted by Crippen LogP contribution is 2.23. The van der Waals surface area contributed by atoms with Crippen molar-refractivity contribution in [1.82, 2.24) is 9.55 Å². The second-order valence-corrected chi connectivity index (χ2v) is 5.65. The van der Waals surface area contributed by atoms with Crippen molar-refractivity contribution in [1.29, 1.82) is 0 Å². The van der Waals surface area contributed by atoms with Crippen molar-refractivity contribution in [2.24, 2.45) is 4.99 Å². The lowest BCUT2D eigenvalue weighted by Crippen LogP contribution is -2.31. The van der Waals surface area contributed by atoms with E-state index in [2.05, 4.69) is 9.98 Å². The fraction of sp³-hybridized carbons (Fsp3) is 0.0556. The average molecular weight is 372 g/mol. The van der Waals surface area contributed by atoms with E-state index in [0.29, 0.717) is 11.4 Å². The van der Waals surface area contributed by atoms with Gasteiger partial charge in [0.2, 0.25) is 5.88 Å². The molecule has 0 bridgehead atoms. The van der Waals surface area contributed by atoms with Crippen molar-refractivity contribution < 1.29 is 9.84 Å². The molecule has 0 aliphatic rings. The summed E-state index contributed by atoms with van der Waals surface area (Å²) >= 11 is 6.09. The van der Waals surface area contributed by atoms with Gasteiger partial charge in [0.1, 0.15) is 11.3 Å². The van der Waals surface area contributed by atoms with Crippen molar-refractivity contribution in [2.45, 2.75) is 0 Å². The fourth-order valence-corrected chi connectivity index (χ4v) is 2.54. The summed E-state index contributed by atoms with van der Waals surface area (Å²) in [5.41, 5.74) is -0.942. The predicted octanol–water partition coefficient (Wildman–Crippen LogP) is 2.64. The van der Waals surface area contributed by atoms with Gasteiger partial charge in [-0.05, 0) is 36.4 Å². The van der Waals surface area contributed by atoms with Gasteiger partial charge in [-0.1, -0.05) is 23.7 Å². The third kappa shape index (κ3) is 3.38.